The van der Waals surface area contributed by atoms with Gasteiger partial charge in [0.15, 0.2) is 6.61 Å². The van der Waals surface area contributed by atoms with Crippen LogP contribution in [0.25, 0.3) is 0 Å². The number of hydrogen-bond donors (Lipinski definition) is 1. The maximum absolute atomic E-state index is 12.0. The van der Waals surface area contributed by atoms with Gasteiger partial charge in [0.1, 0.15) is 5.75 Å². The van der Waals surface area contributed by atoms with Crippen LogP contribution < -0.4 is 10.1 Å². The fourth-order valence-corrected chi connectivity index (χ4v) is 2.11. The monoisotopic (exact) mass is 283 g/mol. The molecule has 0 heterocycles. The molecule has 1 atom stereocenters. The summed E-state index contributed by atoms with van der Waals surface area (Å²) in [5.74, 6) is 0.967. The zero-order chi connectivity index (χ0) is 15.1. The second-order valence-electron chi connectivity index (χ2n) is 5.05. The maximum atomic E-state index is 12.0. The van der Waals surface area contributed by atoms with Gasteiger partial charge in [-0.25, -0.2) is 0 Å². The Morgan fingerprint density at radius 2 is 1.76 bits per heavy atom. The third-order valence-electron chi connectivity index (χ3n) is 3.49. The summed E-state index contributed by atoms with van der Waals surface area (Å²) in [6.45, 7) is 4.31. The van der Waals surface area contributed by atoms with E-state index in [0.29, 0.717) is 11.7 Å². The molecular formula is C18H21NO2. The van der Waals surface area contributed by atoms with Crippen LogP contribution in [0.2, 0.25) is 0 Å². The molecule has 0 bridgehead atoms. The first-order chi connectivity index (χ1) is 10.2. The number of para-hydroxylation sites is 2. The van der Waals surface area contributed by atoms with Gasteiger partial charge in [-0.3, -0.25) is 4.79 Å². The van der Waals surface area contributed by atoms with Crippen LogP contribution in [-0.4, -0.2) is 12.5 Å². The molecular weight excluding hydrogens is 262 g/mol. The number of rotatable bonds is 6. The highest BCUT2D eigenvalue weighted by molar-refractivity contribution is 5.92. The van der Waals surface area contributed by atoms with Gasteiger partial charge in [-0.1, -0.05) is 50.2 Å². The van der Waals surface area contributed by atoms with Crippen LogP contribution in [0.1, 0.15) is 31.7 Å². The largest absolute Gasteiger partial charge is 0.484 e. The molecule has 0 aliphatic rings. The fourth-order valence-electron chi connectivity index (χ4n) is 2.11. The van der Waals surface area contributed by atoms with E-state index >= 15 is 0 Å². The highest BCUT2D eigenvalue weighted by atomic mass is 16.5. The van der Waals surface area contributed by atoms with Crippen molar-refractivity contribution in [2.75, 3.05) is 11.9 Å². The lowest BCUT2D eigenvalue weighted by Crippen LogP contribution is -2.21. The van der Waals surface area contributed by atoms with Crippen LogP contribution in [0.15, 0.2) is 54.6 Å². The van der Waals surface area contributed by atoms with E-state index in [4.69, 9.17) is 4.74 Å². The van der Waals surface area contributed by atoms with Gasteiger partial charge >= 0.3 is 0 Å². The normalized spacial score (nSPS) is 11.7. The van der Waals surface area contributed by atoms with E-state index in [-0.39, 0.29) is 12.5 Å². The van der Waals surface area contributed by atoms with Crippen molar-refractivity contribution in [2.24, 2.45) is 0 Å². The molecule has 0 unspecified atom stereocenters. The first-order valence-electron chi connectivity index (χ1n) is 7.27. The minimum atomic E-state index is -0.144. The molecule has 0 fully saturated rings. The van der Waals surface area contributed by atoms with Crippen molar-refractivity contribution in [2.45, 2.75) is 26.2 Å². The second-order valence-corrected chi connectivity index (χ2v) is 5.05. The summed E-state index contributed by atoms with van der Waals surface area (Å²) >= 11 is 0. The molecule has 0 saturated heterocycles. The Morgan fingerprint density at radius 3 is 2.48 bits per heavy atom. The Labute approximate surface area is 126 Å². The fraction of sp³-hybridized carbons (Fsp3) is 0.278. The molecule has 1 amide bonds. The lowest BCUT2D eigenvalue weighted by molar-refractivity contribution is -0.118. The molecule has 2 aromatic carbocycles. The smallest absolute Gasteiger partial charge is 0.262 e. The zero-order valence-electron chi connectivity index (χ0n) is 12.5. The number of carbonyl (C=O) groups is 1. The van der Waals surface area contributed by atoms with E-state index in [0.717, 1.165) is 17.7 Å². The van der Waals surface area contributed by atoms with Crippen LogP contribution in [-0.2, 0) is 4.79 Å². The Morgan fingerprint density at radius 1 is 1.10 bits per heavy atom. The first kappa shape index (κ1) is 15.1. The highest BCUT2D eigenvalue weighted by Crippen LogP contribution is 2.26. The van der Waals surface area contributed by atoms with Crippen LogP contribution in [0.5, 0.6) is 5.75 Å². The standard InChI is InChI=1S/C18H21NO2/c1-3-14(2)16-11-7-8-12-17(16)19-18(20)13-21-15-9-5-4-6-10-15/h4-12,14H,3,13H2,1-2H3,(H,19,20)/t14-/m0/s1. The molecule has 3 heteroatoms. The van der Waals surface area contributed by atoms with Crippen molar-refractivity contribution < 1.29 is 9.53 Å². The summed E-state index contributed by atoms with van der Waals surface area (Å²) in [4.78, 5) is 12.0. The van der Waals surface area contributed by atoms with E-state index in [1.807, 2.05) is 48.5 Å². The van der Waals surface area contributed by atoms with Gasteiger partial charge in [0.25, 0.3) is 5.91 Å². The molecule has 2 rings (SSSR count). The molecule has 0 spiro atoms. The summed E-state index contributed by atoms with van der Waals surface area (Å²) in [5, 5.41) is 2.93. The van der Waals surface area contributed by atoms with Crippen LogP contribution >= 0.6 is 0 Å². The summed E-state index contributed by atoms with van der Waals surface area (Å²) in [5.41, 5.74) is 2.03. The molecule has 3 nitrogen and oxygen atoms in total. The molecule has 0 radical (unpaired) electrons. The molecule has 0 aliphatic carbocycles. The lowest BCUT2D eigenvalue weighted by Gasteiger charge is -2.15. The number of amides is 1. The lowest BCUT2D eigenvalue weighted by atomic mass is 9.97. The van der Waals surface area contributed by atoms with Gasteiger partial charge < -0.3 is 10.1 Å². The number of benzene rings is 2. The topological polar surface area (TPSA) is 38.3 Å². The van der Waals surface area contributed by atoms with Crippen molar-refractivity contribution >= 4 is 11.6 Å². The quantitative estimate of drug-likeness (QED) is 0.862. The summed E-state index contributed by atoms with van der Waals surface area (Å²) in [7, 11) is 0. The number of nitrogens with one attached hydrogen (secondary N) is 1. The van der Waals surface area contributed by atoms with Gasteiger partial charge in [-0.15, -0.1) is 0 Å². The van der Waals surface area contributed by atoms with E-state index < -0.39 is 0 Å². The highest BCUT2D eigenvalue weighted by Gasteiger charge is 2.11. The molecule has 1 N–H and O–H groups in total. The summed E-state index contributed by atoms with van der Waals surface area (Å²) in [6.07, 6.45) is 1.04. The van der Waals surface area contributed by atoms with Gasteiger partial charge in [0.2, 0.25) is 0 Å². The average molecular weight is 283 g/mol. The third-order valence-corrected chi connectivity index (χ3v) is 3.49. The van der Waals surface area contributed by atoms with Crippen molar-refractivity contribution in [1.29, 1.82) is 0 Å². The predicted octanol–water partition coefficient (Wildman–Crippen LogP) is 4.22. The van der Waals surface area contributed by atoms with Crippen molar-refractivity contribution in [1.82, 2.24) is 0 Å². The zero-order valence-corrected chi connectivity index (χ0v) is 12.5. The first-order valence-corrected chi connectivity index (χ1v) is 7.27. The summed E-state index contributed by atoms with van der Waals surface area (Å²) < 4.78 is 5.45. The molecule has 21 heavy (non-hydrogen) atoms. The number of anilines is 1. The Bertz CT molecular complexity index is 581. The molecule has 0 aliphatic heterocycles. The SMILES string of the molecule is CC[C@H](C)c1ccccc1NC(=O)COc1ccccc1. The molecule has 110 valence electrons. The maximum Gasteiger partial charge on any atom is 0.262 e. The van der Waals surface area contributed by atoms with Crippen molar-refractivity contribution in [3.05, 3.63) is 60.2 Å². The van der Waals surface area contributed by atoms with Crippen molar-refractivity contribution in [3.8, 4) is 5.75 Å². The van der Waals surface area contributed by atoms with Crippen LogP contribution in [0.4, 0.5) is 5.69 Å². The van der Waals surface area contributed by atoms with E-state index in [2.05, 4.69) is 25.2 Å². The van der Waals surface area contributed by atoms with E-state index in [1.165, 1.54) is 0 Å². The van der Waals surface area contributed by atoms with Gasteiger partial charge in [0, 0.05) is 5.69 Å². The Kier molecular flexibility index (Phi) is 5.38. The van der Waals surface area contributed by atoms with Gasteiger partial charge in [-0.05, 0) is 36.1 Å². The number of hydrogen-bond acceptors (Lipinski definition) is 2. The van der Waals surface area contributed by atoms with Crippen molar-refractivity contribution in [3.63, 3.8) is 0 Å². The Balaban J connectivity index is 1.97. The minimum Gasteiger partial charge on any atom is -0.484 e. The molecule has 0 aromatic heterocycles. The third kappa shape index (κ3) is 4.35. The minimum absolute atomic E-state index is 0.0128. The number of ether oxygens (including phenoxy) is 1. The predicted molar refractivity (Wildman–Crippen MR) is 85.7 cm³/mol. The average Bonchev–Trinajstić information content (AvgIpc) is 2.54. The van der Waals surface area contributed by atoms with E-state index in [9.17, 15) is 4.79 Å². The van der Waals surface area contributed by atoms with Gasteiger partial charge in [0.05, 0.1) is 0 Å². The van der Waals surface area contributed by atoms with Crippen LogP contribution in [0.3, 0.4) is 0 Å². The van der Waals surface area contributed by atoms with Crippen LogP contribution in [0, 0.1) is 0 Å². The second kappa shape index (κ2) is 7.48. The molecule has 2 aromatic rings. The van der Waals surface area contributed by atoms with E-state index in [1.54, 1.807) is 0 Å². The molecule has 0 saturated carbocycles. The van der Waals surface area contributed by atoms with Gasteiger partial charge in [-0.2, -0.15) is 0 Å². The summed E-state index contributed by atoms with van der Waals surface area (Å²) in [6, 6.07) is 17.3. The Hall–Kier alpha value is -2.29. The number of carbonyl (C=O) groups excluding carboxylic acids is 1.